The molecule has 2 atom stereocenters. The molecule has 1 rings (SSSR count). The van der Waals surface area contributed by atoms with E-state index in [0.717, 1.165) is 0 Å². The Morgan fingerprint density at radius 1 is 1.00 bits per heavy atom. The maximum Gasteiger partial charge on any atom is 0.106 e. The van der Waals surface area contributed by atoms with Gasteiger partial charge in [0.25, 0.3) is 0 Å². The third-order valence-electron chi connectivity index (χ3n) is 3.78. The Morgan fingerprint density at radius 3 is 1.67 bits per heavy atom. The van der Waals surface area contributed by atoms with Crippen LogP contribution in [0, 0.1) is 23.2 Å². The van der Waals surface area contributed by atoms with Gasteiger partial charge in [0.15, 0.2) is 0 Å². The topological polar surface area (TPSA) is 0 Å². The van der Waals surface area contributed by atoms with E-state index in [2.05, 4.69) is 13.8 Å². The van der Waals surface area contributed by atoms with E-state index in [4.69, 9.17) is 0 Å². The molecule has 0 spiro atoms. The highest BCUT2D eigenvalue weighted by atomic mass is 19.1. The molecule has 1 aliphatic rings. The molecule has 0 N–H and O–H groups in total. The second-order valence-electron chi connectivity index (χ2n) is 6.40. The molecule has 90 valence electrons. The first-order chi connectivity index (χ1) is 6.73. The van der Waals surface area contributed by atoms with Crippen molar-refractivity contribution in [1.82, 2.24) is 0 Å². The SMILES string of the molecule is CC(C)C1CC(F)C(C(C)(C)C)C(F)C1. The summed E-state index contributed by atoms with van der Waals surface area (Å²) in [6, 6.07) is 0. The zero-order valence-electron chi connectivity index (χ0n) is 10.6. The zero-order chi connectivity index (χ0) is 11.8. The molecule has 0 saturated heterocycles. The summed E-state index contributed by atoms with van der Waals surface area (Å²) in [7, 11) is 0. The maximum atomic E-state index is 14.0. The third kappa shape index (κ3) is 2.92. The van der Waals surface area contributed by atoms with Gasteiger partial charge in [-0.05, 0) is 30.1 Å². The minimum absolute atomic E-state index is 0.216. The molecule has 1 aliphatic carbocycles. The Labute approximate surface area is 92.4 Å². The van der Waals surface area contributed by atoms with Gasteiger partial charge in [-0.1, -0.05) is 34.6 Å². The second kappa shape index (κ2) is 4.39. The molecule has 0 amide bonds. The molecule has 0 aromatic rings. The van der Waals surface area contributed by atoms with Crippen molar-refractivity contribution >= 4 is 0 Å². The lowest BCUT2D eigenvalue weighted by Crippen LogP contribution is -2.44. The highest BCUT2D eigenvalue weighted by Gasteiger charge is 2.44. The second-order valence-corrected chi connectivity index (χ2v) is 6.40. The van der Waals surface area contributed by atoms with Crippen molar-refractivity contribution in [2.45, 2.75) is 59.8 Å². The van der Waals surface area contributed by atoms with Gasteiger partial charge in [-0.2, -0.15) is 0 Å². The molecule has 0 nitrogen and oxygen atoms in total. The monoisotopic (exact) mass is 218 g/mol. The molecule has 0 heterocycles. The molecule has 0 aromatic carbocycles. The predicted octanol–water partition coefficient (Wildman–Crippen LogP) is 4.39. The van der Waals surface area contributed by atoms with Crippen LogP contribution in [-0.2, 0) is 0 Å². The Hall–Kier alpha value is -0.140. The fourth-order valence-corrected chi connectivity index (χ4v) is 2.82. The first-order valence-corrected chi connectivity index (χ1v) is 6.01. The van der Waals surface area contributed by atoms with Crippen LogP contribution in [0.5, 0.6) is 0 Å². The third-order valence-corrected chi connectivity index (χ3v) is 3.78. The summed E-state index contributed by atoms with van der Waals surface area (Å²) >= 11 is 0. The van der Waals surface area contributed by atoms with Crippen LogP contribution in [0.25, 0.3) is 0 Å². The van der Waals surface area contributed by atoms with Gasteiger partial charge >= 0.3 is 0 Å². The van der Waals surface area contributed by atoms with E-state index in [1.165, 1.54) is 0 Å². The lowest BCUT2D eigenvalue weighted by Gasteiger charge is -2.42. The van der Waals surface area contributed by atoms with Crippen molar-refractivity contribution in [3.05, 3.63) is 0 Å². The van der Waals surface area contributed by atoms with E-state index in [1.807, 2.05) is 20.8 Å². The van der Waals surface area contributed by atoms with Crippen LogP contribution in [-0.4, -0.2) is 12.3 Å². The van der Waals surface area contributed by atoms with Crippen molar-refractivity contribution in [2.24, 2.45) is 23.2 Å². The lowest BCUT2D eigenvalue weighted by molar-refractivity contribution is -0.0263. The molecule has 2 unspecified atom stereocenters. The molecule has 15 heavy (non-hydrogen) atoms. The van der Waals surface area contributed by atoms with Crippen LogP contribution in [0.3, 0.4) is 0 Å². The summed E-state index contributed by atoms with van der Waals surface area (Å²) in [5.74, 6) is 0.184. The highest BCUT2D eigenvalue weighted by molar-refractivity contribution is 4.93. The van der Waals surface area contributed by atoms with Crippen molar-refractivity contribution in [2.75, 3.05) is 0 Å². The van der Waals surface area contributed by atoms with Gasteiger partial charge in [0, 0.05) is 5.92 Å². The molecular formula is C13H24F2. The van der Waals surface area contributed by atoms with Crippen LogP contribution >= 0.6 is 0 Å². The number of halogens is 2. The fraction of sp³-hybridized carbons (Fsp3) is 1.00. The van der Waals surface area contributed by atoms with Crippen LogP contribution in [0.4, 0.5) is 8.78 Å². The van der Waals surface area contributed by atoms with Crippen LogP contribution in [0.15, 0.2) is 0 Å². The van der Waals surface area contributed by atoms with Gasteiger partial charge in [-0.25, -0.2) is 8.78 Å². The highest BCUT2D eigenvalue weighted by Crippen LogP contribution is 2.44. The van der Waals surface area contributed by atoms with Crippen LogP contribution < -0.4 is 0 Å². The summed E-state index contributed by atoms with van der Waals surface area (Å²) < 4.78 is 27.9. The van der Waals surface area contributed by atoms with Crippen LogP contribution in [0.2, 0.25) is 0 Å². The molecule has 0 aromatic heterocycles. The molecule has 2 heteroatoms. The fourth-order valence-electron chi connectivity index (χ4n) is 2.82. The van der Waals surface area contributed by atoms with E-state index in [-0.39, 0.29) is 11.3 Å². The number of rotatable bonds is 1. The molecule has 0 radical (unpaired) electrons. The predicted molar refractivity (Wildman–Crippen MR) is 60.3 cm³/mol. The largest absolute Gasteiger partial charge is 0.247 e. The van der Waals surface area contributed by atoms with Crippen molar-refractivity contribution < 1.29 is 8.78 Å². The Balaban J connectivity index is 2.73. The molecule has 0 bridgehead atoms. The van der Waals surface area contributed by atoms with Gasteiger partial charge in [0.2, 0.25) is 0 Å². The molecule has 1 fully saturated rings. The zero-order valence-corrected chi connectivity index (χ0v) is 10.6. The average Bonchev–Trinajstić information content (AvgIpc) is 1.99. The summed E-state index contributed by atoms with van der Waals surface area (Å²) in [4.78, 5) is 0. The maximum absolute atomic E-state index is 14.0. The van der Waals surface area contributed by atoms with Gasteiger partial charge in [0.05, 0.1) is 0 Å². The summed E-state index contributed by atoms with van der Waals surface area (Å²) in [6.45, 7) is 9.93. The minimum atomic E-state index is -0.971. The standard InChI is InChI=1S/C13H24F2/c1-8(2)9-6-10(14)12(11(15)7-9)13(3,4)5/h8-12H,6-7H2,1-5H3. The number of alkyl halides is 2. The Bertz CT molecular complexity index is 193. The normalized spacial score (nSPS) is 38.4. The molecular weight excluding hydrogens is 194 g/mol. The summed E-state index contributed by atoms with van der Waals surface area (Å²) in [6.07, 6.45) is -0.859. The first kappa shape index (κ1) is 12.9. The van der Waals surface area contributed by atoms with Gasteiger partial charge in [-0.15, -0.1) is 0 Å². The Morgan fingerprint density at radius 2 is 1.40 bits per heavy atom. The lowest BCUT2D eigenvalue weighted by atomic mass is 9.66. The molecule has 1 saturated carbocycles. The van der Waals surface area contributed by atoms with Crippen LogP contribution in [0.1, 0.15) is 47.5 Å². The van der Waals surface area contributed by atoms with Crippen molar-refractivity contribution in [1.29, 1.82) is 0 Å². The van der Waals surface area contributed by atoms with E-state index >= 15 is 0 Å². The van der Waals surface area contributed by atoms with Gasteiger partial charge in [0.1, 0.15) is 12.3 Å². The Kier molecular flexibility index (Phi) is 3.78. The van der Waals surface area contributed by atoms with Gasteiger partial charge in [-0.3, -0.25) is 0 Å². The van der Waals surface area contributed by atoms with E-state index in [9.17, 15) is 8.78 Å². The van der Waals surface area contributed by atoms with Gasteiger partial charge < -0.3 is 0 Å². The number of hydrogen-bond donors (Lipinski definition) is 0. The number of hydrogen-bond acceptors (Lipinski definition) is 0. The minimum Gasteiger partial charge on any atom is -0.247 e. The van der Waals surface area contributed by atoms with E-state index in [1.54, 1.807) is 0 Å². The average molecular weight is 218 g/mol. The quantitative estimate of drug-likeness (QED) is 0.612. The summed E-state index contributed by atoms with van der Waals surface area (Å²) in [5, 5.41) is 0. The summed E-state index contributed by atoms with van der Waals surface area (Å²) in [5.41, 5.74) is -0.263. The smallest absolute Gasteiger partial charge is 0.106 e. The van der Waals surface area contributed by atoms with Crippen molar-refractivity contribution in [3.63, 3.8) is 0 Å². The van der Waals surface area contributed by atoms with E-state index in [0.29, 0.717) is 18.8 Å². The molecule has 0 aliphatic heterocycles. The van der Waals surface area contributed by atoms with Crippen molar-refractivity contribution in [3.8, 4) is 0 Å². The first-order valence-electron chi connectivity index (χ1n) is 6.01. The van der Waals surface area contributed by atoms with E-state index < -0.39 is 18.3 Å².